The van der Waals surface area contributed by atoms with Crippen molar-refractivity contribution in [3.05, 3.63) is 53.4 Å². The van der Waals surface area contributed by atoms with Crippen molar-refractivity contribution in [3.63, 3.8) is 0 Å². The summed E-state index contributed by atoms with van der Waals surface area (Å²) in [5.74, 6) is 0.449. The number of nitrogens with zero attached hydrogens (tertiary/aromatic N) is 3. The van der Waals surface area contributed by atoms with E-state index in [9.17, 15) is 23.1 Å². The minimum absolute atomic E-state index is 0.00380. The fourth-order valence-corrected chi connectivity index (χ4v) is 6.54. The number of urea groups is 1. The molecule has 15 heteroatoms. The summed E-state index contributed by atoms with van der Waals surface area (Å²) < 4.78 is 51.6. The summed E-state index contributed by atoms with van der Waals surface area (Å²) in [6.45, 7) is 6.70. The number of nitrogens with one attached hydrogen (secondary N) is 2. The molecule has 0 spiro atoms. The number of hydrogen-bond donors (Lipinski definition) is 3. The molecule has 236 valence electrons. The fraction of sp³-hybridized carbons (Fsp3) is 0.414. The van der Waals surface area contributed by atoms with Crippen molar-refractivity contribution >= 4 is 33.3 Å². The lowest BCUT2D eigenvalue weighted by molar-refractivity contribution is 0.0373. The number of ether oxygens (including phenoxy) is 3. The topological polar surface area (TPSA) is 173 Å². The van der Waals surface area contributed by atoms with Crippen LogP contribution in [0.5, 0.6) is 17.2 Å². The average molecular weight is 630 g/mol. The van der Waals surface area contributed by atoms with Gasteiger partial charge < -0.3 is 39.0 Å². The third-order valence-electron chi connectivity index (χ3n) is 7.60. The Bertz CT molecular complexity index is 1660. The van der Waals surface area contributed by atoms with Crippen LogP contribution in [0.15, 0.2) is 45.8 Å². The summed E-state index contributed by atoms with van der Waals surface area (Å²) in [5.41, 5.74) is 0.815. The van der Waals surface area contributed by atoms with Gasteiger partial charge in [0.15, 0.2) is 27.9 Å². The second-order valence-corrected chi connectivity index (χ2v) is 12.6. The number of likely N-dealkylation sites (N-methyl/N-ethyl adjacent to an activating group) is 1. The molecular weight excluding hydrogens is 594 g/mol. The predicted octanol–water partition coefficient (Wildman–Crippen LogP) is 3.20. The Balaban J connectivity index is 1.46. The number of carbonyl (C=O) groups excluding carboxylic acids is 2. The van der Waals surface area contributed by atoms with Crippen LogP contribution in [0.2, 0.25) is 0 Å². The summed E-state index contributed by atoms with van der Waals surface area (Å²) in [6.07, 6.45) is -0.688. The number of hydrogen-bond acceptors (Lipinski definition) is 10. The number of fused-ring (bicyclic) bond motifs is 2. The van der Waals surface area contributed by atoms with Crippen molar-refractivity contribution in [2.45, 2.75) is 44.7 Å². The van der Waals surface area contributed by atoms with E-state index in [4.69, 9.17) is 18.7 Å². The summed E-state index contributed by atoms with van der Waals surface area (Å²) in [5, 5.41) is 16.5. The van der Waals surface area contributed by atoms with E-state index in [0.717, 1.165) is 0 Å². The molecule has 3 amide bonds. The Morgan fingerprint density at radius 3 is 2.66 bits per heavy atom. The summed E-state index contributed by atoms with van der Waals surface area (Å²) in [4.78, 5) is 29.8. The van der Waals surface area contributed by atoms with E-state index in [-0.39, 0.29) is 65.8 Å². The molecule has 0 saturated heterocycles. The van der Waals surface area contributed by atoms with Crippen LogP contribution >= 0.6 is 0 Å². The molecule has 44 heavy (non-hydrogen) atoms. The maximum absolute atomic E-state index is 13.8. The molecule has 2 aliphatic rings. The Hall–Kier alpha value is -4.50. The number of aliphatic hydroxyl groups is 1. The predicted molar refractivity (Wildman–Crippen MR) is 159 cm³/mol. The number of aryl methyl sites for hydroxylation is 2. The number of aliphatic hydroxyl groups excluding tert-OH is 1. The Kier molecular flexibility index (Phi) is 8.61. The van der Waals surface area contributed by atoms with Crippen LogP contribution < -0.4 is 24.2 Å². The van der Waals surface area contributed by atoms with E-state index in [1.165, 1.54) is 41.8 Å². The molecular formula is C29H35N5O9S. The van der Waals surface area contributed by atoms with Crippen molar-refractivity contribution in [2.75, 3.05) is 43.6 Å². The lowest BCUT2D eigenvalue weighted by atomic mass is 9.99. The first-order valence-electron chi connectivity index (χ1n) is 14.0. The minimum Gasteiger partial charge on any atom is -0.485 e. The van der Waals surface area contributed by atoms with E-state index in [0.29, 0.717) is 17.2 Å². The van der Waals surface area contributed by atoms with Gasteiger partial charge in [0.25, 0.3) is 15.9 Å². The monoisotopic (exact) mass is 629 g/mol. The highest BCUT2D eigenvalue weighted by Crippen LogP contribution is 2.37. The molecule has 0 unspecified atom stereocenters. The SMILES string of the molecule is Cc1noc(C)c1S(=O)(=O)Nc1cccc2c1O[C@@H](CN(C)C(=O)Nc1ccc3c(c1)OCO3)[C@@H](C)CN([C@H](C)CO)C2=O. The second kappa shape index (κ2) is 12.2. The highest BCUT2D eigenvalue weighted by Gasteiger charge is 2.36. The highest BCUT2D eigenvalue weighted by molar-refractivity contribution is 7.92. The van der Waals surface area contributed by atoms with Crippen molar-refractivity contribution in [2.24, 2.45) is 5.92 Å². The molecule has 3 N–H and O–H groups in total. The molecule has 0 aliphatic carbocycles. The zero-order valence-corrected chi connectivity index (χ0v) is 25.8. The number of carbonyl (C=O) groups is 2. The summed E-state index contributed by atoms with van der Waals surface area (Å²) >= 11 is 0. The van der Waals surface area contributed by atoms with Gasteiger partial charge in [-0.2, -0.15) is 0 Å². The van der Waals surface area contributed by atoms with Gasteiger partial charge >= 0.3 is 6.03 Å². The largest absolute Gasteiger partial charge is 0.485 e. The third-order valence-corrected chi connectivity index (χ3v) is 9.21. The quantitative estimate of drug-likeness (QED) is 0.336. The van der Waals surface area contributed by atoms with E-state index in [1.54, 1.807) is 32.2 Å². The summed E-state index contributed by atoms with van der Waals surface area (Å²) in [7, 11) is -2.59. The van der Waals surface area contributed by atoms with Gasteiger partial charge in [0.2, 0.25) is 6.79 Å². The van der Waals surface area contributed by atoms with Crippen LogP contribution in [0.25, 0.3) is 0 Å². The summed E-state index contributed by atoms with van der Waals surface area (Å²) in [6, 6.07) is 8.66. The first-order valence-corrected chi connectivity index (χ1v) is 15.5. The van der Waals surface area contributed by atoms with Crippen LogP contribution in [0, 0.1) is 19.8 Å². The van der Waals surface area contributed by atoms with Gasteiger partial charge in [-0.05, 0) is 45.0 Å². The van der Waals surface area contributed by atoms with Gasteiger partial charge in [-0.25, -0.2) is 13.2 Å². The normalized spacial score (nSPS) is 18.5. The molecule has 1 aromatic heterocycles. The molecule has 0 bridgehead atoms. The fourth-order valence-electron chi connectivity index (χ4n) is 5.14. The van der Waals surface area contributed by atoms with Crippen LogP contribution in [0.1, 0.15) is 35.7 Å². The standard InChI is InChI=1S/C29H35N5O9S/c1-16-12-34(17(2)14-35)28(36)21-7-6-8-22(32-44(38,39)27-18(3)31-43-19(27)4)26(21)42-25(16)13-33(5)29(37)30-20-9-10-23-24(11-20)41-15-40-23/h6-11,16-17,25,32,35H,12-15H2,1-5H3,(H,30,37)/t16-,17+,25-/m0/s1. The highest BCUT2D eigenvalue weighted by atomic mass is 32.2. The van der Waals surface area contributed by atoms with E-state index >= 15 is 0 Å². The number of amides is 3. The van der Waals surface area contributed by atoms with Gasteiger partial charge in [0, 0.05) is 31.3 Å². The number of sulfonamides is 1. The molecule has 2 aromatic carbocycles. The maximum atomic E-state index is 13.8. The first-order chi connectivity index (χ1) is 20.9. The van der Waals surface area contributed by atoms with Crippen molar-refractivity contribution in [1.82, 2.24) is 15.0 Å². The van der Waals surface area contributed by atoms with Gasteiger partial charge in [-0.15, -0.1) is 0 Å². The maximum Gasteiger partial charge on any atom is 0.321 e. The lowest BCUT2D eigenvalue weighted by Gasteiger charge is -2.38. The smallest absolute Gasteiger partial charge is 0.321 e. The van der Waals surface area contributed by atoms with Crippen LogP contribution in [-0.2, 0) is 10.0 Å². The zero-order valence-electron chi connectivity index (χ0n) is 25.0. The van der Waals surface area contributed by atoms with E-state index < -0.39 is 34.1 Å². The van der Waals surface area contributed by atoms with Crippen molar-refractivity contribution < 1.29 is 41.8 Å². The van der Waals surface area contributed by atoms with E-state index in [1.807, 2.05) is 6.92 Å². The number of para-hydroxylation sites is 1. The molecule has 2 aliphatic heterocycles. The van der Waals surface area contributed by atoms with Crippen LogP contribution in [0.3, 0.4) is 0 Å². The molecule has 3 heterocycles. The van der Waals surface area contributed by atoms with Gasteiger partial charge in [-0.1, -0.05) is 18.1 Å². The number of rotatable bonds is 8. The molecule has 3 aromatic rings. The molecule has 0 radical (unpaired) electrons. The number of aromatic nitrogens is 1. The third kappa shape index (κ3) is 6.10. The average Bonchev–Trinajstić information content (AvgIpc) is 3.59. The lowest BCUT2D eigenvalue weighted by Crippen LogP contribution is -2.50. The molecule has 0 saturated carbocycles. The van der Waals surface area contributed by atoms with Gasteiger partial charge in [0.1, 0.15) is 11.8 Å². The molecule has 14 nitrogen and oxygen atoms in total. The second-order valence-electron chi connectivity index (χ2n) is 10.9. The Labute approximate surface area is 254 Å². The van der Waals surface area contributed by atoms with Crippen molar-refractivity contribution in [3.8, 4) is 17.2 Å². The van der Waals surface area contributed by atoms with E-state index in [2.05, 4.69) is 15.2 Å². The number of benzene rings is 2. The van der Waals surface area contributed by atoms with Gasteiger partial charge in [-0.3, -0.25) is 9.52 Å². The molecule has 0 fully saturated rings. The van der Waals surface area contributed by atoms with Crippen LogP contribution in [0.4, 0.5) is 16.2 Å². The van der Waals surface area contributed by atoms with Crippen LogP contribution in [-0.4, -0.2) is 86.1 Å². The Morgan fingerprint density at radius 1 is 1.20 bits per heavy atom. The minimum atomic E-state index is -4.19. The van der Waals surface area contributed by atoms with Gasteiger partial charge in [0.05, 0.1) is 30.4 Å². The first kappa shape index (κ1) is 30.9. The Morgan fingerprint density at radius 2 is 1.95 bits per heavy atom. The number of anilines is 2. The molecule has 3 atom stereocenters. The van der Waals surface area contributed by atoms with Crippen molar-refractivity contribution in [1.29, 1.82) is 0 Å². The zero-order chi connectivity index (χ0) is 31.8. The molecule has 5 rings (SSSR count).